The van der Waals surface area contributed by atoms with Crippen LogP contribution < -0.4 is 56.5 Å². The Balaban J connectivity index is -0.000000320. The number of aliphatic carboxylic acids is 1. The molecule has 0 saturated carbocycles. The van der Waals surface area contributed by atoms with Gasteiger partial charge in [0.05, 0.1) is 6.42 Å². The van der Waals surface area contributed by atoms with Gasteiger partial charge in [0, 0.05) is 0 Å². The van der Waals surface area contributed by atoms with Crippen LogP contribution in [0.25, 0.3) is 0 Å². The average molecular weight is 186 g/mol. The van der Waals surface area contributed by atoms with Gasteiger partial charge in [0.15, 0.2) is 5.78 Å². The van der Waals surface area contributed by atoms with E-state index in [9.17, 15) is 19.5 Å². The summed E-state index contributed by atoms with van der Waals surface area (Å²) < 4.78 is 0. The van der Waals surface area contributed by atoms with E-state index in [4.69, 9.17) is 0 Å². The van der Waals surface area contributed by atoms with Crippen LogP contribution in [0.15, 0.2) is 0 Å². The molecule has 0 aliphatic carbocycles. The molecule has 0 aromatic carbocycles. The second-order valence-electron chi connectivity index (χ2n) is 1.59. The second kappa shape index (κ2) is 8.50. The van der Waals surface area contributed by atoms with Gasteiger partial charge in [-0.1, -0.05) is 0 Å². The van der Waals surface area contributed by atoms with Crippen molar-refractivity contribution in [3.63, 3.8) is 0 Å². The molecule has 0 aromatic rings. The second-order valence-corrected chi connectivity index (χ2v) is 1.59. The van der Waals surface area contributed by atoms with E-state index in [1.165, 1.54) is 0 Å². The van der Waals surface area contributed by atoms with Crippen molar-refractivity contribution in [2.45, 2.75) is 13.3 Å². The van der Waals surface area contributed by atoms with Gasteiger partial charge in [0.25, 0.3) is 0 Å². The predicted molar refractivity (Wildman–Crippen MR) is 28.9 cm³/mol. The van der Waals surface area contributed by atoms with Crippen LogP contribution >= 0.6 is 0 Å². The predicted octanol–water partition coefficient (Wildman–Crippen LogP) is -5.54. The largest absolute Gasteiger partial charge is 1.00 e. The first-order chi connectivity index (χ1) is 4.04. The zero-order chi connectivity index (χ0) is 7.44. The number of carbonyl (C=O) groups excluding carboxylic acids is 3. The van der Waals surface area contributed by atoms with Crippen molar-refractivity contribution in [1.29, 1.82) is 0 Å². The first-order valence-corrected chi connectivity index (χ1v) is 2.27. The molecule has 0 heterocycles. The third-order valence-electron chi connectivity index (χ3n) is 0.637. The van der Waals surface area contributed by atoms with Gasteiger partial charge in [0.2, 0.25) is 0 Å². The molecule has 0 unspecified atom stereocenters. The van der Waals surface area contributed by atoms with Crippen LogP contribution in [0.1, 0.15) is 13.3 Å². The Bertz CT molecular complexity index is 164. The monoisotopic (exact) mass is 186 g/mol. The topological polar surface area (TPSA) is 106 Å². The van der Waals surface area contributed by atoms with Gasteiger partial charge < -0.3 is 15.4 Å². The number of Topliss-reactive ketones (excluding diaryl/α,β-unsaturated/α-hetero) is 2. The Kier molecular flexibility index (Phi) is 13.5. The summed E-state index contributed by atoms with van der Waals surface area (Å²) in [6.45, 7) is 1.14. The van der Waals surface area contributed by atoms with E-state index in [2.05, 4.69) is 0 Å². The molecule has 0 aliphatic heterocycles. The zero-order valence-corrected chi connectivity index (χ0v) is 9.46. The Hall–Kier alpha value is 0.406. The quantitative estimate of drug-likeness (QED) is 0.249. The molecule has 0 fully saturated rings. The minimum absolute atomic E-state index is 0. The Morgan fingerprint density at radius 3 is 1.73 bits per heavy atom. The molecule has 5 nitrogen and oxygen atoms in total. The van der Waals surface area contributed by atoms with Crippen LogP contribution in [0.5, 0.6) is 0 Å². The molecule has 0 bridgehead atoms. The molecule has 6 heteroatoms. The van der Waals surface area contributed by atoms with Crippen molar-refractivity contribution in [3.8, 4) is 0 Å². The molecular weight excluding hydrogens is 179 g/mol. The van der Waals surface area contributed by atoms with Crippen LogP contribution in [-0.4, -0.2) is 23.0 Å². The van der Waals surface area contributed by atoms with E-state index >= 15 is 0 Å². The third-order valence-corrected chi connectivity index (χ3v) is 0.637. The Morgan fingerprint density at radius 1 is 1.27 bits per heavy atom. The molecular formula is C5H7KO5. The Labute approximate surface area is 106 Å². The number of hydrogen-bond donors (Lipinski definition) is 0. The van der Waals surface area contributed by atoms with E-state index in [1.54, 1.807) is 0 Å². The smallest absolute Gasteiger partial charge is 0.542 e. The number of carboxylic acid groups (broad SMARTS) is 1. The van der Waals surface area contributed by atoms with Crippen molar-refractivity contribution < 1.29 is 76.4 Å². The van der Waals surface area contributed by atoms with Crippen molar-refractivity contribution in [1.82, 2.24) is 0 Å². The molecule has 58 valence electrons. The summed E-state index contributed by atoms with van der Waals surface area (Å²) in [7, 11) is 0. The van der Waals surface area contributed by atoms with Gasteiger partial charge in [0.1, 0.15) is 11.8 Å². The van der Waals surface area contributed by atoms with Crippen molar-refractivity contribution in [2.75, 3.05) is 0 Å². The van der Waals surface area contributed by atoms with Crippen molar-refractivity contribution in [2.24, 2.45) is 0 Å². The standard InChI is InChI=1S/C5H6O4.K.H2O/c1-3(6)2-4(7)5(8)9;;/h2H2,1H3,(H,8,9);;1H2/q;+1;/p-1. The SMILES string of the molecule is CC(=O)CC(=O)C(=O)[O-].O.[K+]. The maximum atomic E-state index is 10.1. The minimum atomic E-state index is -1.80. The summed E-state index contributed by atoms with van der Waals surface area (Å²) in [4.78, 5) is 29.7. The molecule has 0 radical (unpaired) electrons. The summed E-state index contributed by atoms with van der Waals surface area (Å²) in [5.41, 5.74) is 0. The molecule has 2 N–H and O–H groups in total. The fraction of sp³-hybridized carbons (Fsp3) is 0.400. The number of hydrogen-bond acceptors (Lipinski definition) is 4. The minimum Gasteiger partial charge on any atom is -0.542 e. The van der Waals surface area contributed by atoms with Gasteiger partial charge >= 0.3 is 51.4 Å². The first kappa shape index (κ1) is 17.5. The van der Waals surface area contributed by atoms with Crippen LogP contribution in [0, 0.1) is 0 Å². The average Bonchev–Trinajstić information content (AvgIpc) is 1.63. The Morgan fingerprint density at radius 2 is 1.64 bits per heavy atom. The molecule has 0 spiro atoms. The zero-order valence-electron chi connectivity index (χ0n) is 6.34. The summed E-state index contributed by atoms with van der Waals surface area (Å²) in [6.07, 6.45) is -0.567. The van der Waals surface area contributed by atoms with E-state index in [0.29, 0.717) is 0 Å². The van der Waals surface area contributed by atoms with E-state index in [0.717, 1.165) is 6.92 Å². The van der Waals surface area contributed by atoms with Gasteiger partial charge in [-0.05, 0) is 6.92 Å². The van der Waals surface area contributed by atoms with Crippen LogP contribution in [-0.2, 0) is 14.4 Å². The molecule has 0 amide bonds. The van der Waals surface area contributed by atoms with E-state index in [-0.39, 0.29) is 56.9 Å². The molecule has 0 aliphatic rings. The van der Waals surface area contributed by atoms with Crippen LogP contribution in [0.3, 0.4) is 0 Å². The maximum absolute atomic E-state index is 10.1. The van der Waals surface area contributed by atoms with E-state index in [1.807, 2.05) is 0 Å². The summed E-state index contributed by atoms with van der Waals surface area (Å²) in [6, 6.07) is 0. The van der Waals surface area contributed by atoms with E-state index < -0.39 is 24.0 Å². The number of carbonyl (C=O) groups is 3. The normalized spacial score (nSPS) is 7.00. The van der Waals surface area contributed by atoms with Gasteiger partial charge in [-0.2, -0.15) is 0 Å². The fourth-order valence-corrected chi connectivity index (χ4v) is 0.298. The molecule has 0 atom stereocenters. The summed E-state index contributed by atoms with van der Waals surface area (Å²) in [5.74, 6) is -3.43. The van der Waals surface area contributed by atoms with Gasteiger partial charge in [-0.15, -0.1) is 0 Å². The first-order valence-electron chi connectivity index (χ1n) is 2.27. The van der Waals surface area contributed by atoms with Crippen molar-refractivity contribution in [3.05, 3.63) is 0 Å². The van der Waals surface area contributed by atoms with Crippen LogP contribution in [0.4, 0.5) is 0 Å². The number of rotatable bonds is 3. The van der Waals surface area contributed by atoms with Gasteiger partial charge in [-0.25, -0.2) is 0 Å². The molecule has 0 aromatic heterocycles. The third kappa shape index (κ3) is 10.4. The number of ketones is 2. The molecule has 11 heavy (non-hydrogen) atoms. The molecule has 0 saturated heterocycles. The number of carboxylic acids is 1. The maximum Gasteiger partial charge on any atom is 1.00 e. The molecule has 0 rings (SSSR count). The van der Waals surface area contributed by atoms with Crippen LogP contribution in [0.2, 0.25) is 0 Å². The fourth-order valence-electron chi connectivity index (χ4n) is 0.298. The van der Waals surface area contributed by atoms with Gasteiger partial charge in [-0.3, -0.25) is 9.59 Å². The van der Waals surface area contributed by atoms with Crippen molar-refractivity contribution >= 4 is 17.5 Å². The summed E-state index contributed by atoms with van der Waals surface area (Å²) in [5, 5.41) is 9.62. The summed E-state index contributed by atoms with van der Waals surface area (Å²) >= 11 is 0.